The third-order valence-corrected chi connectivity index (χ3v) is 5.06. The molecular formula is C24H32N2O2. The molecule has 0 radical (unpaired) electrons. The summed E-state index contributed by atoms with van der Waals surface area (Å²) in [5, 5.41) is 6.06. The molecule has 0 aliphatic carbocycles. The number of nitrogens with one attached hydrogen (secondary N) is 2. The molecule has 0 aromatic heterocycles. The van der Waals surface area contributed by atoms with Gasteiger partial charge in [0.05, 0.1) is 11.8 Å². The smallest absolute Gasteiger partial charge is 0.227 e. The summed E-state index contributed by atoms with van der Waals surface area (Å²) in [6, 6.07) is 19.8. The number of carbonyl (C=O) groups excluding carboxylic acids is 2. The number of rotatable bonds is 11. The van der Waals surface area contributed by atoms with Gasteiger partial charge in [0.15, 0.2) is 0 Å². The Labute approximate surface area is 168 Å². The van der Waals surface area contributed by atoms with Gasteiger partial charge in [0.1, 0.15) is 0 Å². The van der Waals surface area contributed by atoms with Crippen molar-refractivity contribution < 1.29 is 9.59 Å². The number of hydrogen-bond acceptors (Lipinski definition) is 2. The predicted molar refractivity (Wildman–Crippen MR) is 114 cm³/mol. The van der Waals surface area contributed by atoms with Crippen LogP contribution in [0, 0.1) is 0 Å². The summed E-state index contributed by atoms with van der Waals surface area (Å²) in [6.07, 6.45) is 3.26. The van der Waals surface area contributed by atoms with Crippen molar-refractivity contribution in [2.45, 2.75) is 51.4 Å². The lowest BCUT2D eigenvalue weighted by Gasteiger charge is -2.16. The number of carbonyl (C=O) groups is 2. The predicted octanol–water partition coefficient (Wildman–Crippen LogP) is 4.39. The van der Waals surface area contributed by atoms with Crippen LogP contribution in [0.15, 0.2) is 60.7 Å². The van der Waals surface area contributed by atoms with Crippen LogP contribution in [-0.4, -0.2) is 24.9 Å². The Kier molecular flexibility index (Phi) is 9.26. The highest BCUT2D eigenvalue weighted by atomic mass is 16.2. The molecule has 2 aromatic carbocycles. The molecule has 2 atom stereocenters. The van der Waals surface area contributed by atoms with Crippen molar-refractivity contribution in [3.8, 4) is 0 Å². The van der Waals surface area contributed by atoms with Crippen molar-refractivity contribution in [1.29, 1.82) is 0 Å². The van der Waals surface area contributed by atoms with Crippen LogP contribution in [0.2, 0.25) is 0 Å². The van der Waals surface area contributed by atoms with Gasteiger partial charge in [-0.1, -0.05) is 74.5 Å². The summed E-state index contributed by atoms with van der Waals surface area (Å²) in [4.78, 5) is 24.8. The van der Waals surface area contributed by atoms with E-state index in [4.69, 9.17) is 0 Å². The molecule has 2 rings (SSSR count). The molecule has 2 N–H and O–H groups in total. The minimum Gasteiger partial charge on any atom is -0.356 e. The maximum Gasteiger partial charge on any atom is 0.227 e. The summed E-state index contributed by atoms with van der Waals surface area (Å²) < 4.78 is 0. The van der Waals surface area contributed by atoms with E-state index in [1.54, 1.807) is 0 Å². The van der Waals surface area contributed by atoms with Crippen LogP contribution < -0.4 is 10.6 Å². The molecule has 0 bridgehead atoms. The van der Waals surface area contributed by atoms with E-state index in [0.717, 1.165) is 36.8 Å². The zero-order valence-corrected chi connectivity index (χ0v) is 17.0. The molecule has 0 fully saturated rings. The number of unbranched alkanes of at least 4 members (excludes halogenated alkanes) is 1. The van der Waals surface area contributed by atoms with E-state index in [1.807, 2.05) is 74.5 Å². The first kappa shape index (κ1) is 21.7. The van der Waals surface area contributed by atoms with Gasteiger partial charge < -0.3 is 10.6 Å². The van der Waals surface area contributed by atoms with Crippen molar-refractivity contribution in [2.24, 2.45) is 0 Å². The molecule has 2 aromatic rings. The summed E-state index contributed by atoms with van der Waals surface area (Å²) in [5.74, 6) is -0.0464. The fourth-order valence-corrected chi connectivity index (χ4v) is 3.44. The quantitative estimate of drug-likeness (QED) is 0.568. The Morgan fingerprint density at radius 2 is 1.04 bits per heavy atom. The van der Waals surface area contributed by atoms with Crippen molar-refractivity contribution >= 4 is 11.8 Å². The van der Waals surface area contributed by atoms with Crippen LogP contribution in [0.25, 0.3) is 0 Å². The molecule has 0 spiro atoms. The van der Waals surface area contributed by atoms with Crippen LogP contribution in [0.5, 0.6) is 0 Å². The lowest BCUT2D eigenvalue weighted by Crippen LogP contribution is -2.32. The van der Waals surface area contributed by atoms with Gasteiger partial charge in [-0.15, -0.1) is 0 Å². The molecule has 28 heavy (non-hydrogen) atoms. The van der Waals surface area contributed by atoms with Crippen molar-refractivity contribution in [3.05, 3.63) is 71.8 Å². The SMILES string of the molecule is CC[C@@H](C(=O)NCCCCNC(=O)[C@H](CC)c1ccccc1)c1ccccc1. The fraction of sp³-hybridized carbons (Fsp3) is 0.417. The first-order chi connectivity index (χ1) is 13.7. The molecule has 150 valence electrons. The monoisotopic (exact) mass is 380 g/mol. The normalized spacial score (nSPS) is 12.8. The zero-order valence-electron chi connectivity index (χ0n) is 17.0. The number of hydrogen-bond donors (Lipinski definition) is 2. The topological polar surface area (TPSA) is 58.2 Å². The fourth-order valence-electron chi connectivity index (χ4n) is 3.44. The molecule has 0 heterocycles. The molecular weight excluding hydrogens is 348 g/mol. The van der Waals surface area contributed by atoms with E-state index in [2.05, 4.69) is 10.6 Å². The summed E-state index contributed by atoms with van der Waals surface area (Å²) >= 11 is 0. The van der Waals surface area contributed by atoms with E-state index < -0.39 is 0 Å². The molecule has 0 unspecified atom stereocenters. The third kappa shape index (κ3) is 6.52. The van der Waals surface area contributed by atoms with Gasteiger partial charge in [-0.3, -0.25) is 9.59 Å². The summed E-state index contributed by atoms with van der Waals surface area (Å²) in [5.41, 5.74) is 2.11. The van der Waals surface area contributed by atoms with Crippen LogP contribution in [-0.2, 0) is 9.59 Å². The first-order valence-corrected chi connectivity index (χ1v) is 10.3. The van der Waals surface area contributed by atoms with Crippen molar-refractivity contribution in [3.63, 3.8) is 0 Å². The molecule has 0 saturated carbocycles. The lowest BCUT2D eigenvalue weighted by molar-refractivity contribution is -0.123. The second kappa shape index (κ2) is 12.0. The highest BCUT2D eigenvalue weighted by molar-refractivity contribution is 5.84. The zero-order chi connectivity index (χ0) is 20.2. The van der Waals surface area contributed by atoms with Crippen LogP contribution in [0.1, 0.15) is 62.5 Å². The molecule has 0 aliphatic rings. The number of amides is 2. The van der Waals surface area contributed by atoms with Gasteiger partial charge in [-0.2, -0.15) is 0 Å². The lowest BCUT2D eigenvalue weighted by atomic mass is 9.95. The standard InChI is InChI=1S/C24H32N2O2/c1-3-21(19-13-7-5-8-14-19)23(27)25-17-11-12-18-26-24(28)22(4-2)20-15-9-6-10-16-20/h5-10,13-16,21-22H,3-4,11-12,17-18H2,1-2H3,(H,25,27)(H,26,28)/t21-,22-/m1/s1. The average molecular weight is 381 g/mol. The van der Waals surface area contributed by atoms with Gasteiger partial charge in [0.25, 0.3) is 0 Å². The molecule has 4 nitrogen and oxygen atoms in total. The average Bonchev–Trinajstić information content (AvgIpc) is 2.73. The summed E-state index contributed by atoms with van der Waals surface area (Å²) in [6.45, 7) is 5.33. The third-order valence-electron chi connectivity index (χ3n) is 5.06. The van der Waals surface area contributed by atoms with Crippen LogP contribution in [0.4, 0.5) is 0 Å². The second-order valence-corrected chi connectivity index (χ2v) is 7.03. The Hall–Kier alpha value is -2.62. The largest absolute Gasteiger partial charge is 0.356 e. The Morgan fingerprint density at radius 1 is 0.679 bits per heavy atom. The minimum atomic E-state index is -0.0999. The molecule has 4 heteroatoms. The van der Waals surface area contributed by atoms with Gasteiger partial charge in [-0.05, 0) is 36.8 Å². The maximum atomic E-state index is 12.4. The van der Waals surface area contributed by atoms with Crippen LogP contribution >= 0.6 is 0 Å². The highest BCUT2D eigenvalue weighted by Crippen LogP contribution is 2.20. The molecule has 0 saturated heterocycles. The van der Waals surface area contributed by atoms with Gasteiger partial charge in [0, 0.05) is 13.1 Å². The highest BCUT2D eigenvalue weighted by Gasteiger charge is 2.18. The van der Waals surface area contributed by atoms with E-state index in [1.165, 1.54) is 0 Å². The van der Waals surface area contributed by atoms with E-state index in [9.17, 15) is 9.59 Å². The van der Waals surface area contributed by atoms with E-state index in [0.29, 0.717) is 13.1 Å². The van der Waals surface area contributed by atoms with Crippen molar-refractivity contribution in [1.82, 2.24) is 10.6 Å². The van der Waals surface area contributed by atoms with Crippen molar-refractivity contribution in [2.75, 3.05) is 13.1 Å². The molecule has 0 aliphatic heterocycles. The first-order valence-electron chi connectivity index (χ1n) is 10.3. The maximum absolute atomic E-state index is 12.4. The van der Waals surface area contributed by atoms with Gasteiger partial charge in [0.2, 0.25) is 11.8 Å². The summed E-state index contributed by atoms with van der Waals surface area (Å²) in [7, 11) is 0. The minimum absolute atomic E-state index is 0.0767. The molecule has 2 amide bonds. The van der Waals surface area contributed by atoms with Gasteiger partial charge >= 0.3 is 0 Å². The Balaban J connectivity index is 1.67. The van der Waals surface area contributed by atoms with E-state index in [-0.39, 0.29) is 23.7 Å². The Bertz CT molecular complexity index is 652. The Morgan fingerprint density at radius 3 is 1.36 bits per heavy atom. The van der Waals surface area contributed by atoms with Crippen LogP contribution in [0.3, 0.4) is 0 Å². The van der Waals surface area contributed by atoms with Gasteiger partial charge in [-0.25, -0.2) is 0 Å². The van der Waals surface area contributed by atoms with E-state index >= 15 is 0 Å². The number of benzene rings is 2. The second-order valence-electron chi connectivity index (χ2n) is 7.03.